The lowest BCUT2D eigenvalue weighted by molar-refractivity contribution is 0.152. The van der Waals surface area contributed by atoms with Crippen LogP contribution in [0, 0.1) is 0 Å². The third-order valence-corrected chi connectivity index (χ3v) is 3.43. The Morgan fingerprint density at radius 1 is 1.55 bits per heavy atom. The van der Waals surface area contributed by atoms with Gasteiger partial charge >= 0.3 is 11.8 Å². The molecule has 0 unspecified atom stereocenters. The van der Waals surface area contributed by atoms with E-state index in [-0.39, 0.29) is 24.0 Å². The number of amides is 1. The highest BCUT2D eigenvalue weighted by Crippen LogP contribution is 2.26. The summed E-state index contributed by atoms with van der Waals surface area (Å²) in [6.07, 6.45) is -1.40. The van der Waals surface area contributed by atoms with Crippen LogP contribution in [0.2, 0.25) is 5.28 Å². The molecule has 2 aromatic rings. The smallest absolute Gasteiger partial charge is 0.407 e. The van der Waals surface area contributed by atoms with Crippen molar-refractivity contribution in [2.24, 2.45) is 0 Å². The molecule has 2 atom stereocenters. The molecule has 3 rings (SSSR count). The lowest BCUT2D eigenvalue weighted by atomic mass is 10.2. The molecular formula is C10H9ClFN5O3. The number of nitrogens with zero attached hydrogens (tertiary/aromatic N) is 4. The first-order valence-electron chi connectivity index (χ1n) is 5.72. The number of aromatic amines is 1. The van der Waals surface area contributed by atoms with Crippen molar-refractivity contribution in [2.45, 2.75) is 12.2 Å². The summed E-state index contributed by atoms with van der Waals surface area (Å²) in [4.78, 5) is 33.8. The molecule has 0 spiro atoms. The van der Waals surface area contributed by atoms with E-state index in [4.69, 9.17) is 16.7 Å². The van der Waals surface area contributed by atoms with E-state index >= 15 is 0 Å². The van der Waals surface area contributed by atoms with Crippen molar-refractivity contribution in [3.63, 3.8) is 0 Å². The van der Waals surface area contributed by atoms with Gasteiger partial charge in [0.05, 0.1) is 18.8 Å². The van der Waals surface area contributed by atoms with Crippen LogP contribution in [0.15, 0.2) is 11.0 Å². The second-order valence-corrected chi connectivity index (χ2v) is 4.79. The SMILES string of the molecule is O=C(O)N1C[C@@H](F)[C@H](n2c(=O)[nH]c3cnc(Cl)nc32)C1. The zero-order valence-corrected chi connectivity index (χ0v) is 10.7. The predicted molar refractivity (Wildman–Crippen MR) is 66.7 cm³/mol. The van der Waals surface area contributed by atoms with E-state index in [0.29, 0.717) is 5.52 Å². The van der Waals surface area contributed by atoms with Gasteiger partial charge in [-0.3, -0.25) is 4.57 Å². The Kier molecular flexibility index (Phi) is 2.85. The summed E-state index contributed by atoms with van der Waals surface area (Å²) < 4.78 is 15.1. The Bertz CT molecular complexity index is 744. The van der Waals surface area contributed by atoms with Gasteiger partial charge in [-0.25, -0.2) is 19.0 Å². The minimum atomic E-state index is -1.49. The fraction of sp³-hybridized carbons (Fsp3) is 0.400. The zero-order chi connectivity index (χ0) is 14.4. The van der Waals surface area contributed by atoms with Gasteiger partial charge in [0, 0.05) is 6.54 Å². The van der Waals surface area contributed by atoms with Crippen molar-refractivity contribution in [3.05, 3.63) is 22.0 Å². The van der Waals surface area contributed by atoms with Crippen LogP contribution in [0.5, 0.6) is 0 Å². The van der Waals surface area contributed by atoms with Crippen LogP contribution >= 0.6 is 11.6 Å². The average Bonchev–Trinajstić information content (AvgIpc) is 2.89. The maximum atomic E-state index is 14.0. The van der Waals surface area contributed by atoms with Gasteiger partial charge in [-0.05, 0) is 11.6 Å². The molecule has 10 heteroatoms. The van der Waals surface area contributed by atoms with Crippen molar-refractivity contribution in [2.75, 3.05) is 13.1 Å². The molecule has 0 radical (unpaired) electrons. The average molecular weight is 302 g/mol. The number of alkyl halides is 1. The summed E-state index contributed by atoms with van der Waals surface area (Å²) >= 11 is 5.67. The number of carbonyl (C=O) groups is 1. The molecule has 1 aliphatic heterocycles. The quantitative estimate of drug-likeness (QED) is 0.752. The number of halogens is 2. The van der Waals surface area contributed by atoms with Gasteiger partial charge in [0.1, 0.15) is 11.7 Å². The summed E-state index contributed by atoms with van der Waals surface area (Å²) in [6, 6.07) is -0.932. The number of imidazole rings is 1. The van der Waals surface area contributed by atoms with E-state index in [0.717, 1.165) is 9.47 Å². The summed E-state index contributed by atoms with van der Waals surface area (Å²) in [5.41, 5.74) is -0.0910. The Balaban J connectivity index is 2.10. The molecule has 2 N–H and O–H groups in total. The van der Waals surface area contributed by atoms with Gasteiger partial charge in [-0.1, -0.05) is 0 Å². The molecule has 8 nitrogen and oxygen atoms in total. The van der Waals surface area contributed by atoms with Crippen LogP contribution in [0.25, 0.3) is 11.2 Å². The van der Waals surface area contributed by atoms with Crippen LogP contribution in [-0.2, 0) is 0 Å². The Hall–Kier alpha value is -2.16. The maximum absolute atomic E-state index is 14.0. The minimum absolute atomic E-state index is 0.0752. The molecule has 1 saturated heterocycles. The van der Waals surface area contributed by atoms with E-state index in [9.17, 15) is 14.0 Å². The third kappa shape index (κ3) is 1.90. The van der Waals surface area contributed by atoms with Crippen LogP contribution in [-0.4, -0.2) is 54.9 Å². The number of fused-ring (bicyclic) bond motifs is 1. The number of likely N-dealkylation sites (tertiary alicyclic amines) is 1. The number of hydrogen-bond donors (Lipinski definition) is 2. The predicted octanol–water partition coefficient (Wildman–Crippen LogP) is 0.646. The number of carboxylic acid groups (broad SMARTS) is 1. The third-order valence-electron chi connectivity index (χ3n) is 3.25. The lowest BCUT2D eigenvalue weighted by Gasteiger charge is -2.13. The topological polar surface area (TPSA) is 104 Å². The van der Waals surface area contributed by atoms with Crippen LogP contribution in [0.1, 0.15) is 6.04 Å². The standard InChI is InChI=1S/C10H9ClFN5O3/c11-8-13-1-5-7(15-8)17(9(18)14-5)6-3-16(10(19)20)2-4(6)12/h1,4,6H,2-3H2,(H,14,18)(H,19,20)/t4-,6-/m1/s1. The summed E-state index contributed by atoms with van der Waals surface area (Å²) in [5.74, 6) is 0. The highest BCUT2D eigenvalue weighted by Gasteiger charge is 2.38. The number of aromatic nitrogens is 4. The fourth-order valence-electron chi connectivity index (χ4n) is 2.35. The molecular weight excluding hydrogens is 293 g/mol. The van der Waals surface area contributed by atoms with Crippen LogP contribution in [0.3, 0.4) is 0 Å². The van der Waals surface area contributed by atoms with Gasteiger partial charge < -0.3 is 15.0 Å². The number of rotatable bonds is 1. The largest absolute Gasteiger partial charge is 0.465 e. The highest BCUT2D eigenvalue weighted by molar-refractivity contribution is 6.28. The zero-order valence-electron chi connectivity index (χ0n) is 9.95. The van der Waals surface area contributed by atoms with E-state index in [1.165, 1.54) is 6.20 Å². The molecule has 0 aromatic carbocycles. The van der Waals surface area contributed by atoms with Gasteiger partial charge in [0.15, 0.2) is 5.65 Å². The van der Waals surface area contributed by atoms with Crippen molar-refractivity contribution < 1.29 is 14.3 Å². The molecule has 3 heterocycles. The second-order valence-electron chi connectivity index (χ2n) is 4.45. The monoisotopic (exact) mass is 301 g/mol. The van der Waals surface area contributed by atoms with E-state index in [1.807, 2.05) is 0 Å². The van der Waals surface area contributed by atoms with Crippen molar-refractivity contribution >= 4 is 28.9 Å². The van der Waals surface area contributed by atoms with Gasteiger partial charge in [0.2, 0.25) is 5.28 Å². The molecule has 0 saturated carbocycles. The van der Waals surface area contributed by atoms with Crippen molar-refractivity contribution in [1.29, 1.82) is 0 Å². The maximum Gasteiger partial charge on any atom is 0.407 e. The van der Waals surface area contributed by atoms with Gasteiger partial charge in [-0.15, -0.1) is 0 Å². The first-order valence-corrected chi connectivity index (χ1v) is 6.10. The first-order chi connectivity index (χ1) is 9.47. The lowest BCUT2D eigenvalue weighted by Crippen LogP contribution is -2.30. The molecule has 20 heavy (non-hydrogen) atoms. The molecule has 1 aliphatic rings. The molecule has 1 fully saturated rings. The van der Waals surface area contributed by atoms with Crippen molar-refractivity contribution in [1.82, 2.24) is 24.4 Å². The van der Waals surface area contributed by atoms with E-state index in [1.54, 1.807) is 0 Å². The van der Waals surface area contributed by atoms with Gasteiger partial charge in [-0.2, -0.15) is 4.98 Å². The molecule has 106 valence electrons. The Labute approximate surface area is 115 Å². The highest BCUT2D eigenvalue weighted by atomic mass is 35.5. The van der Waals surface area contributed by atoms with E-state index < -0.39 is 24.0 Å². The summed E-state index contributed by atoms with van der Waals surface area (Å²) in [6.45, 7) is -0.400. The van der Waals surface area contributed by atoms with Gasteiger partial charge in [0.25, 0.3) is 0 Å². The molecule has 0 bridgehead atoms. The number of nitrogens with one attached hydrogen (secondary N) is 1. The molecule has 1 amide bonds. The Morgan fingerprint density at radius 2 is 2.30 bits per heavy atom. The van der Waals surface area contributed by atoms with E-state index in [2.05, 4.69) is 15.0 Å². The second kappa shape index (κ2) is 4.44. The molecule has 2 aromatic heterocycles. The Morgan fingerprint density at radius 3 is 2.95 bits per heavy atom. The number of hydrogen-bond acceptors (Lipinski definition) is 4. The fourth-order valence-corrected chi connectivity index (χ4v) is 2.48. The molecule has 0 aliphatic carbocycles. The normalized spacial score (nSPS) is 22.6. The first kappa shape index (κ1) is 12.9. The number of H-pyrrole nitrogens is 1. The summed E-state index contributed by atoms with van der Waals surface area (Å²) in [7, 11) is 0. The minimum Gasteiger partial charge on any atom is -0.465 e. The van der Waals surface area contributed by atoms with Crippen LogP contribution in [0.4, 0.5) is 9.18 Å². The van der Waals surface area contributed by atoms with Crippen molar-refractivity contribution in [3.8, 4) is 0 Å². The van der Waals surface area contributed by atoms with Crippen LogP contribution < -0.4 is 5.69 Å². The summed E-state index contributed by atoms with van der Waals surface area (Å²) in [5, 5.41) is 8.82.